The molecular weight excluding hydrogens is 270 g/mol. The molecule has 0 aliphatic rings. The molecule has 3 nitrogen and oxygen atoms in total. The zero-order chi connectivity index (χ0) is 14.7. The van der Waals surface area contributed by atoms with E-state index in [1.165, 1.54) is 22.2 Å². The third-order valence-corrected chi connectivity index (χ3v) is 4.27. The zero-order valence-corrected chi connectivity index (χ0v) is 12.8. The molecule has 0 radical (unpaired) electrons. The number of nitrogens with zero attached hydrogens (tertiary/aromatic N) is 1. The van der Waals surface area contributed by atoms with Gasteiger partial charge in [-0.15, -0.1) is 11.3 Å². The lowest BCUT2D eigenvalue weighted by molar-refractivity contribution is -0.116. The predicted octanol–water partition coefficient (Wildman–Crippen LogP) is 3.38. The van der Waals surface area contributed by atoms with Gasteiger partial charge in [0.2, 0.25) is 5.91 Å². The molecular formula is C16H19NO2S. The van der Waals surface area contributed by atoms with Crippen molar-refractivity contribution in [2.45, 2.75) is 20.8 Å². The maximum absolute atomic E-state index is 11.6. The molecule has 1 N–H and O–H groups in total. The number of thiophene rings is 1. The van der Waals surface area contributed by atoms with Gasteiger partial charge in [0.25, 0.3) is 0 Å². The van der Waals surface area contributed by atoms with Crippen molar-refractivity contribution in [3.8, 4) is 10.4 Å². The molecule has 0 saturated heterocycles. The van der Waals surface area contributed by atoms with E-state index < -0.39 is 0 Å². The first-order chi connectivity index (χ1) is 9.52. The standard InChI is InChI=1S/C16H19NO2S/c1-11-10-14(17(8-9-18)13(3)19)5-6-15(11)16-7-4-12(2)20-16/h4-7,10,18H,8-9H2,1-3H3. The number of hydrogen-bond donors (Lipinski definition) is 1. The Balaban J connectivity index is 2.36. The van der Waals surface area contributed by atoms with Crippen molar-refractivity contribution in [2.24, 2.45) is 0 Å². The Labute approximate surface area is 123 Å². The number of amides is 1. The predicted molar refractivity (Wildman–Crippen MR) is 84.3 cm³/mol. The van der Waals surface area contributed by atoms with Gasteiger partial charge in [0.05, 0.1) is 6.61 Å². The van der Waals surface area contributed by atoms with E-state index in [2.05, 4.69) is 19.1 Å². The van der Waals surface area contributed by atoms with Crippen LogP contribution in [0, 0.1) is 13.8 Å². The Morgan fingerprint density at radius 2 is 2.00 bits per heavy atom. The van der Waals surface area contributed by atoms with Gasteiger partial charge in [-0.3, -0.25) is 4.79 Å². The molecule has 0 aliphatic heterocycles. The van der Waals surface area contributed by atoms with Gasteiger partial charge in [-0.2, -0.15) is 0 Å². The van der Waals surface area contributed by atoms with Crippen molar-refractivity contribution >= 4 is 22.9 Å². The topological polar surface area (TPSA) is 40.5 Å². The summed E-state index contributed by atoms with van der Waals surface area (Å²) in [7, 11) is 0. The average Bonchev–Trinajstić information content (AvgIpc) is 2.82. The lowest BCUT2D eigenvalue weighted by Gasteiger charge is -2.21. The van der Waals surface area contributed by atoms with E-state index in [9.17, 15) is 4.79 Å². The number of aliphatic hydroxyl groups is 1. The molecule has 106 valence electrons. The molecule has 0 saturated carbocycles. The van der Waals surface area contributed by atoms with Gasteiger partial charge in [0, 0.05) is 28.9 Å². The fourth-order valence-electron chi connectivity index (χ4n) is 2.24. The van der Waals surface area contributed by atoms with Gasteiger partial charge in [-0.25, -0.2) is 0 Å². The maximum Gasteiger partial charge on any atom is 0.223 e. The Kier molecular flexibility index (Phi) is 4.57. The Bertz CT molecular complexity index is 619. The van der Waals surface area contributed by atoms with Crippen LogP contribution in [0.2, 0.25) is 0 Å². The molecule has 20 heavy (non-hydrogen) atoms. The number of aryl methyl sites for hydroxylation is 2. The Morgan fingerprint density at radius 1 is 1.25 bits per heavy atom. The highest BCUT2D eigenvalue weighted by molar-refractivity contribution is 7.15. The second-order valence-corrected chi connectivity index (χ2v) is 6.09. The number of anilines is 1. The summed E-state index contributed by atoms with van der Waals surface area (Å²) >= 11 is 1.77. The molecule has 1 amide bonds. The molecule has 0 aliphatic carbocycles. The van der Waals surface area contributed by atoms with Crippen molar-refractivity contribution in [3.05, 3.63) is 40.8 Å². The highest BCUT2D eigenvalue weighted by Crippen LogP contribution is 2.32. The highest BCUT2D eigenvalue weighted by atomic mass is 32.1. The Hall–Kier alpha value is -1.65. The third kappa shape index (κ3) is 3.08. The summed E-state index contributed by atoms with van der Waals surface area (Å²) in [5.41, 5.74) is 3.16. The molecule has 0 bridgehead atoms. The summed E-state index contributed by atoms with van der Waals surface area (Å²) < 4.78 is 0. The molecule has 1 aromatic heterocycles. The highest BCUT2D eigenvalue weighted by Gasteiger charge is 2.12. The van der Waals surface area contributed by atoms with Crippen molar-refractivity contribution in [1.29, 1.82) is 0 Å². The minimum absolute atomic E-state index is 0.0372. The smallest absolute Gasteiger partial charge is 0.223 e. The summed E-state index contributed by atoms with van der Waals surface area (Å²) in [4.78, 5) is 15.7. The van der Waals surface area contributed by atoms with Crippen LogP contribution in [-0.4, -0.2) is 24.2 Å². The van der Waals surface area contributed by atoms with Gasteiger partial charge in [0.15, 0.2) is 0 Å². The number of hydrogen-bond acceptors (Lipinski definition) is 3. The van der Waals surface area contributed by atoms with Crippen LogP contribution in [0.4, 0.5) is 5.69 Å². The largest absolute Gasteiger partial charge is 0.395 e. The van der Waals surface area contributed by atoms with E-state index >= 15 is 0 Å². The van der Waals surface area contributed by atoms with E-state index in [0.29, 0.717) is 6.54 Å². The number of rotatable bonds is 4. The second-order valence-electron chi connectivity index (χ2n) is 4.80. The Morgan fingerprint density at radius 3 is 2.50 bits per heavy atom. The van der Waals surface area contributed by atoms with E-state index in [0.717, 1.165) is 11.3 Å². The number of carbonyl (C=O) groups is 1. The van der Waals surface area contributed by atoms with Crippen LogP contribution in [0.25, 0.3) is 10.4 Å². The van der Waals surface area contributed by atoms with Crippen molar-refractivity contribution in [3.63, 3.8) is 0 Å². The van der Waals surface area contributed by atoms with Gasteiger partial charge in [-0.05, 0) is 49.2 Å². The molecule has 0 fully saturated rings. The van der Waals surface area contributed by atoms with Gasteiger partial charge >= 0.3 is 0 Å². The van der Waals surface area contributed by atoms with Crippen molar-refractivity contribution in [1.82, 2.24) is 0 Å². The molecule has 0 spiro atoms. The second kappa shape index (κ2) is 6.20. The average molecular weight is 289 g/mol. The van der Waals surface area contributed by atoms with Gasteiger partial charge < -0.3 is 10.0 Å². The SMILES string of the molecule is CC(=O)N(CCO)c1ccc(-c2ccc(C)s2)c(C)c1. The monoisotopic (exact) mass is 289 g/mol. The molecule has 0 unspecified atom stereocenters. The first-order valence-corrected chi connectivity index (χ1v) is 7.41. The number of carbonyl (C=O) groups excluding carboxylic acids is 1. The summed E-state index contributed by atoms with van der Waals surface area (Å²) in [6.45, 7) is 5.94. The van der Waals surface area contributed by atoms with E-state index in [1.54, 1.807) is 16.2 Å². The van der Waals surface area contributed by atoms with Crippen LogP contribution >= 0.6 is 11.3 Å². The van der Waals surface area contributed by atoms with Crippen LogP contribution in [0.3, 0.4) is 0 Å². The van der Waals surface area contributed by atoms with E-state index in [1.807, 2.05) is 25.1 Å². The van der Waals surface area contributed by atoms with Crippen LogP contribution in [0.15, 0.2) is 30.3 Å². The molecule has 4 heteroatoms. The third-order valence-electron chi connectivity index (χ3n) is 3.23. The minimum atomic E-state index is -0.0573. The minimum Gasteiger partial charge on any atom is -0.395 e. The molecule has 1 aromatic carbocycles. The van der Waals surface area contributed by atoms with Gasteiger partial charge in [0.1, 0.15) is 0 Å². The van der Waals surface area contributed by atoms with Crippen molar-refractivity contribution in [2.75, 3.05) is 18.1 Å². The summed E-state index contributed by atoms with van der Waals surface area (Å²) in [5.74, 6) is -0.0573. The molecule has 2 aromatic rings. The lowest BCUT2D eigenvalue weighted by atomic mass is 10.1. The first kappa shape index (κ1) is 14.8. The quantitative estimate of drug-likeness (QED) is 0.937. The fourth-order valence-corrected chi connectivity index (χ4v) is 3.20. The summed E-state index contributed by atoms with van der Waals surface area (Å²) in [5, 5.41) is 9.06. The zero-order valence-electron chi connectivity index (χ0n) is 12.0. The summed E-state index contributed by atoms with van der Waals surface area (Å²) in [6, 6.07) is 10.2. The molecule has 1 heterocycles. The number of aliphatic hydroxyl groups excluding tert-OH is 1. The maximum atomic E-state index is 11.6. The molecule has 0 atom stereocenters. The molecule has 2 rings (SSSR count). The van der Waals surface area contributed by atoms with Crippen LogP contribution in [0.5, 0.6) is 0 Å². The fraction of sp³-hybridized carbons (Fsp3) is 0.312. The van der Waals surface area contributed by atoms with Gasteiger partial charge in [-0.1, -0.05) is 6.07 Å². The van der Waals surface area contributed by atoms with Crippen LogP contribution < -0.4 is 4.90 Å². The van der Waals surface area contributed by atoms with E-state index in [-0.39, 0.29) is 12.5 Å². The lowest BCUT2D eigenvalue weighted by Crippen LogP contribution is -2.31. The summed E-state index contributed by atoms with van der Waals surface area (Å²) in [6.07, 6.45) is 0. The van der Waals surface area contributed by atoms with Crippen LogP contribution in [0.1, 0.15) is 17.4 Å². The normalized spacial score (nSPS) is 10.6. The number of benzene rings is 1. The van der Waals surface area contributed by atoms with Crippen molar-refractivity contribution < 1.29 is 9.90 Å². The van der Waals surface area contributed by atoms with E-state index in [4.69, 9.17) is 5.11 Å². The first-order valence-electron chi connectivity index (χ1n) is 6.59. The van der Waals surface area contributed by atoms with Crippen LogP contribution in [-0.2, 0) is 4.79 Å².